The zero-order valence-electron chi connectivity index (χ0n) is 12.6. The Morgan fingerprint density at radius 3 is 2.91 bits per heavy atom. The third-order valence-electron chi connectivity index (χ3n) is 3.37. The topological polar surface area (TPSA) is 69.0 Å². The number of ether oxygens (including phenoxy) is 1. The Balaban J connectivity index is 1.64. The quantitative estimate of drug-likeness (QED) is 0.784. The van der Waals surface area contributed by atoms with Gasteiger partial charge in [-0.1, -0.05) is 12.1 Å². The summed E-state index contributed by atoms with van der Waals surface area (Å²) in [5.41, 5.74) is 1.48. The molecule has 0 unspecified atom stereocenters. The van der Waals surface area contributed by atoms with Crippen molar-refractivity contribution in [3.05, 3.63) is 72.4 Å². The second kappa shape index (κ2) is 6.74. The molecule has 0 aliphatic carbocycles. The number of nitrogens with zero attached hydrogens (tertiary/aromatic N) is 3. The van der Waals surface area contributed by atoms with E-state index in [4.69, 9.17) is 4.74 Å². The third kappa shape index (κ3) is 3.55. The first-order valence-electron chi connectivity index (χ1n) is 7.12. The van der Waals surface area contributed by atoms with E-state index in [2.05, 4.69) is 15.3 Å². The molecule has 1 N–H and O–H groups in total. The fourth-order valence-corrected chi connectivity index (χ4v) is 2.13. The number of carbonyl (C=O) groups is 1. The van der Waals surface area contributed by atoms with E-state index in [1.807, 2.05) is 24.3 Å². The number of benzene rings is 1. The number of aromatic nitrogens is 3. The van der Waals surface area contributed by atoms with Crippen molar-refractivity contribution in [1.29, 1.82) is 0 Å². The maximum Gasteiger partial charge on any atom is 0.253 e. The Bertz CT molecular complexity index is 783. The minimum absolute atomic E-state index is 0.169. The van der Waals surface area contributed by atoms with Gasteiger partial charge in [-0.15, -0.1) is 0 Å². The molecule has 0 aliphatic heterocycles. The van der Waals surface area contributed by atoms with Crippen LogP contribution in [0, 0.1) is 0 Å². The Morgan fingerprint density at radius 2 is 2.22 bits per heavy atom. The van der Waals surface area contributed by atoms with Crippen LogP contribution in [0.1, 0.15) is 15.9 Å². The fraction of sp³-hybridized carbons (Fsp3) is 0.118. The van der Waals surface area contributed by atoms with Gasteiger partial charge in [-0.25, -0.2) is 9.97 Å². The van der Waals surface area contributed by atoms with E-state index in [1.54, 1.807) is 48.7 Å². The summed E-state index contributed by atoms with van der Waals surface area (Å²) in [7, 11) is 1.62. The van der Waals surface area contributed by atoms with Gasteiger partial charge in [0.2, 0.25) is 0 Å². The molecule has 0 bridgehead atoms. The first kappa shape index (κ1) is 14.8. The molecule has 1 amide bonds. The summed E-state index contributed by atoms with van der Waals surface area (Å²) in [6.07, 6.45) is 6.68. The van der Waals surface area contributed by atoms with E-state index in [1.165, 1.54) is 0 Å². The molecule has 0 fully saturated rings. The van der Waals surface area contributed by atoms with E-state index in [0.717, 1.165) is 11.3 Å². The molecule has 3 aromatic rings. The van der Waals surface area contributed by atoms with Crippen LogP contribution in [0.5, 0.6) is 5.75 Å². The van der Waals surface area contributed by atoms with Crippen LogP contribution >= 0.6 is 0 Å². The van der Waals surface area contributed by atoms with E-state index < -0.39 is 0 Å². The molecule has 0 saturated carbocycles. The summed E-state index contributed by atoms with van der Waals surface area (Å²) in [5, 5.41) is 2.87. The largest absolute Gasteiger partial charge is 0.497 e. The molecule has 0 radical (unpaired) electrons. The fourth-order valence-electron chi connectivity index (χ4n) is 2.13. The van der Waals surface area contributed by atoms with E-state index in [-0.39, 0.29) is 5.91 Å². The SMILES string of the molecule is COc1cccc(CNC(=O)c2ccc(-n3ccnc3)nc2)c1. The molecule has 0 saturated heterocycles. The normalized spacial score (nSPS) is 10.3. The van der Waals surface area contributed by atoms with Crippen LogP contribution in [0.3, 0.4) is 0 Å². The molecule has 0 aliphatic rings. The molecule has 3 rings (SSSR count). The van der Waals surface area contributed by atoms with Gasteiger partial charge in [-0.05, 0) is 29.8 Å². The van der Waals surface area contributed by atoms with Gasteiger partial charge in [0.05, 0.1) is 12.7 Å². The van der Waals surface area contributed by atoms with Crippen molar-refractivity contribution in [3.8, 4) is 11.6 Å². The highest BCUT2D eigenvalue weighted by atomic mass is 16.5. The Hall–Kier alpha value is -3.15. The number of amides is 1. The van der Waals surface area contributed by atoms with Crippen LogP contribution in [0.15, 0.2) is 61.3 Å². The number of nitrogens with one attached hydrogen (secondary N) is 1. The zero-order valence-corrected chi connectivity index (χ0v) is 12.6. The zero-order chi connectivity index (χ0) is 16.1. The van der Waals surface area contributed by atoms with Crippen LogP contribution in [-0.4, -0.2) is 27.6 Å². The molecule has 116 valence electrons. The Kier molecular flexibility index (Phi) is 4.33. The third-order valence-corrected chi connectivity index (χ3v) is 3.37. The highest BCUT2D eigenvalue weighted by Gasteiger charge is 2.07. The van der Waals surface area contributed by atoms with Crippen molar-refractivity contribution < 1.29 is 9.53 Å². The lowest BCUT2D eigenvalue weighted by Crippen LogP contribution is -2.23. The average Bonchev–Trinajstić information content (AvgIpc) is 3.14. The molecule has 2 aromatic heterocycles. The van der Waals surface area contributed by atoms with Crippen molar-refractivity contribution in [2.45, 2.75) is 6.54 Å². The summed E-state index contributed by atoms with van der Waals surface area (Å²) in [6.45, 7) is 0.430. The van der Waals surface area contributed by atoms with Gasteiger partial charge in [-0.2, -0.15) is 0 Å². The number of imidazole rings is 1. The summed E-state index contributed by atoms with van der Waals surface area (Å²) in [4.78, 5) is 20.4. The highest BCUT2D eigenvalue weighted by Crippen LogP contribution is 2.12. The number of carbonyl (C=O) groups excluding carboxylic acids is 1. The predicted molar refractivity (Wildman–Crippen MR) is 85.5 cm³/mol. The minimum Gasteiger partial charge on any atom is -0.497 e. The average molecular weight is 308 g/mol. The second-order valence-electron chi connectivity index (χ2n) is 4.91. The summed E-state index contributed by atoms with van der Waals surface area (Å²) in [5.74, 6) is 1.31. The van der Waals surface area contributed by atoms with Crippen LogP contribution in [0.25, 0.3) is 5.82 Å². The van der Waals surface area contributed by atoms with Crippen molar-refractivity contribution >= 4 is 5.91 Å². The molecule has 1 aromatic carbocycles. The van der Waals surface area contributed by atoms with Gasteiger partial charge in [0.25, 0.3) is 5.91 Å². The number of rotatable bonds is 5. The standard InChI is InChI=1S/C17H16N4O2/c1-23-15-4-2-3-13(9-15)10-20-17(22)14-5-6-16(19-11-14)21-8-7-18-12-21/h2-9,11-12H,10H2,1H3,(H,20,22). The maximum absolute atomic E-state index is 12.2. The van der Waals surface area contributed by atoms with Crippen LogP contribution < -0.4 is 10.1 Å². The lowest BCUT2D eigenvalue weighted by molar-refractivity contribution is 0.0950. The number of pyridine rings is 1. The van der Waals surface area contributed by atoms with E-state index in [0.29, 0.717) is 17.9 Å². The number of hydrogen-bond donors (Lipinski definition) is 1. The van der Waals surface area contributed by atoms with Crippen LogP contribution in [-0.2, 0) is 6.54 Å². The first-order chi connectivity index (χ1) is 11.3. The van der Waals surface area contributed by atoms with E-state index >= 15 is 0 Å². The summed E-state index contributed by atoms with van der Waals surface area (Å²) >= 11 is 0. The van der Waals surface area contributed by atoms with Crippen molar-refractivity contribution in [2.75, 3.05) is 7.11 Å². The summed E-state index contributed by atoms with van der Waals surface area (Å²) in [6, 6.07) is 11.1. The van der Waals surface area contributed by atoms with Crippen molar-refractivity contribution in [2.24, 2.45) is 0 Å². The lowest BCUT2D eigenvalue weighted by Gasteiger charge is -2.07. The molecular formula is C17H16N4O2. The van der Waals surface area contributed by atoms with Gasteiger partial charge in [-0.3, -0.25) is 9.36 Å². The predicted octanol–water partition coefficient (Wildman–Crippen LogP) is 2.21. The van der Waals surface area contributed by atoms with Crippen molar-refractivity contribution in [1.82, 2.24) is 19.9 Å². The highest BCUT2D eigenvalue weighted by molar-refractivity contribution is 5.93. The van der Waals surface area contributed by atoms with Gasteiger partial charge in [0, 0.05) is 25.1 Å². The Labute approximate surface area is 133 Å². The van der Waals surface area contributed by atoms with Gasteiger partial charge >= 0.3 is 0 Å². The molecule has 6 heteroatoms. The van der Waals surface area contributed by atoms with Gasteiger partial charge < -0.3 is 10.1 Å². The number of hydrogen-bond acceptors (Lipinski definition) is 4. The molecule has 0 atom stereocenters. The monoisotopic (exact) mass is 308 g/mol. The molecular weight excluding hydrogens is 292 g/mol. The van der Waals surface area contributed by atoms with E-state index in [9.17, 15) is 4.79 Å². The summed E-state index contributed by atoms with van der Waals surface area (Å²) < 4.78 is 6.94. The second-order valence-corrected chi connectivity index (χ2v) is 4.91. The van der Waals surface area contributed by atoms with Crippen molar-refractivity contribution in [3.63, 3.8) is 0 Å². The molecule has 6 nitrogen and oxygen atoms in total. The number of methoxy groups -OCH3 is 1. The van der Waals surface area contributed by atoms with Gasteiger partial charge in [0.15, 0.2) is 0 Å². The van der Waals surface area contributed by atoms with Crippen LogP contribution in [0.4, 0.5) is 0 Å². The smallest absolute Gasteiger partial charge is 0.253 e. The Morgan fingerprint density at radius 1 is 1.30 bits per heavy atom. The lowest BCUT2D eigenvalue weighted by atomic mass is 10.2. The molecule has 0 spiro atoms. The first-order valence-corrected chi connectivity index (χ1v) is 7.12. The molecule has 2 heterocycles. The van der Waals surface area contributed by atoms with Gasteiger partial charge in [0.1, 0.15) is 17.9 Å². The minimum atomic E-state index is -0.169. The van der Waals surface area contributed by atoms with Crippen LogP contribution in [0.2, 0.25) is 0 Å². The maximum atomic E-state index is 12.2. The molecule has 23 heavy (non-hydrogen) atoms.